The zero-order chi connectivity index (χ0) is 14.0. The monoisotopic (exact) mass is 288 g/mol. The SMILES string of the molecule is Cc1ccc(C(Cl)Cc2ccc(C(F)(F)F)cc2)o1. The van der Waals surface area contributed by atoms with Crippen molar-refractivity contribution in [3.05, 3.63) is 59.0 Å². The van der Waals surface area contributed by atoms with Crippen molar-refractivity contribution in [3.63, 3.8) is 0 Å². The zero-order valence-electron chi connectivity index (χ0n) is 10.2. The molecule has 0 aliphatic heterocycles. The van der Waals surface area contributed by atoms with Crippen LogP contribution in [0.25, 0.3) is 0 Å². The van der Waals surface area contributed by atoms with Crippen LogP contribution in [0.2, 0.25) is 0 Å². The summed E-state index contributed by atoms with van der Waals surface area (Å²) in [5.41, 5.74) is 0.0817. The van der Waals surface area contributed by atoms with Crippen molar-refractivity contribution in [2.45, 2.75) is 24.9 Å². The smallest absolute Gasteiger partial charge is 0.416 e. The van der Waals surface area contributed by atoms with Crippen LogP contribution in [-0.4, -0.2) is 0 Å². The molecule has 5 heteroatoms. The summed E-state index contributed by atoms with van der Waals surface area (Å²) in [6.45, 7) is 1.81. The molecule has 1 unspecified atom stereocenters. The lowest BCUT2D eigenvalue weighted by Gasteiger charge is -2.09. The molecule has 2 rings (SSSR count). The molecule has 0 radical (unpaired) electrons. The van der Waals surface area contributed by atoms with Gasteiger partial charge in [0.15, 0.2) is 0 Å². The van der Waals surface area contributed by atoms with Gasteiger partial charge in [-0.1, -0.05) is 12.1 Å². The molecule has 1 nitrogen and oxygen atoms in total. The molecule has 0 aliphatic carbocycles. The number of hydrogen-bond donors (Lipinski definition) is 0. The molecule has 1 heterocycles. The average Bonchev–Trinajstić information content (AvgIpc) is 2.75. The van der Waals surface area contributed by atoms with Crippen molar-refractivity contribution in [1.29, 1.82) is 0 Å². The van der Waals surface area contributed by atoms with E-state index < -0.39 is 11.7 Å². The Labute approximate surface area is 114 Å². The van der Waals surface area contributed by atoms with Gasteiger partial charge in [-0.05, 0) is 43.2 Å². The summed E-state index contributed by atoms with van der Waals surface area (Å²) in [6, 6.07) is 8.58. The van der Waals surface area contributed by atoms with Crippen LogP contribution >= 0.6 is 11.6 Å². The Morgan fingerprint density at radius 1 is 1.11 bits per heavy atom. The largest absolute Gasteiger partial charge is 0.465 e. The summed E-state index contributed by atoms with van der Waals surface area (Å²) in [7, 11) is 0. The van der Waals surface area contributed by atoms with E-state index >= 15 is 0 Å². The van der Waals surface area contributed by atoms with Gasteiger partial charge in [0.05, 0.1) is 10.9 Å². The van der Waals surface area contributed by atoms with Crippen LogP contribution in [0.5, 0.6) is 0 Å². The lowest BCUT2D eigenvalue weighted by atomic mass is 10.1. The summed E-state index contributed by atoms with van der Waals surface area (Å²) in [6.07, 6.45) is -3.89. The van der Waals surface area contributed by atoms with Gasteiger partial charge in [-0.25, -0.2) is 0 Å². The van der Waals surface area contributed by atoms with Crippen LogP contribution in [0.3, 0.4) is 0 Å². The molecule has 19 heavy (non-hydrogen) atoms. The Hall–Kier alpha value is -1.42. The van der Waals surface area contributed by atoms with Gasteiger partial charge in [-0.15, -0.1) is 11.6 Å². The number of furan rings is 1. The first kappa shape index (κ1) is 14.0. The van der Waals surface area contributed by atoms with Crippen molar-refractivity contribution in [1.82, 2.24) is 0 Å². The lowest BCUT2D eigenvalue weighted by molar-refractivity contribution is -0.137. The number of rotatable bonds is 3. The van der Waals surface area contributed by atoms with Crippen molar-refractivity contribution < 1.29 is 17.6 Å². The molecular weight excluding hydrogens is 277 g/mol. The number of halogens is 4. The van der Waals surface area contributed by atoms with Gasteiger partial charge in [-0.2, -0.15) is 13.2 Å². The molecule has 1 aromatic heterocycles. The van der Waals surface area contributed by atoms with E-state index in [0.717, 1.165) is 23.5 Å². The number of aryl methyl sites for hydroxylation is 1. The second kappa shape index (κ2) is 5.29. The Bertz CT molecular complexity index is 543. The number of benzene rings is 1. The normalized spacial score (nSPS) is 13.5. The third kappa shape index (κ3) is 3.53. The summed E-state index contributed by atoms with van der Waals surface area (Å²) in [4.78, 5) is 0. The molecule has 2 aromatic rings. The van der Waals surface area contributed by atoms with E-state index in [1.165, 1.54) is 12.1 Å². The maximum Gasteiger partial charge on any atom is 0.416 e. The molecule has 1 atom stereocenters. The molecule has 0 saturated carbocycles. The van der Waals surface area contributed by atoms with Crippen LogP contribution in [0, 0.1) is 6.92 Å². The summed E-state index contributed by atoms with van der Waals surface area (Å²) in [5.74, 6) is 1.38. The first-order valence-electron chi connectivity index (χ1n) is 5.73. The fourth-order valence-corrected chi connectivity index (χ4v) is 2.05. The van der Waals surface area contributed by atoms with E-state index in [-0.39, 0.29) is 5.38 Å². The van der Waals surface area contributed by atoms with Crippen LogP contribution in [-0.2, 0) is 12.6 Å². The maximum atomic E-state index is 12.4. The molecule has 0 fully saturated rings. The highest BCUT2D eigenvalue weighted by molar-refractivity contribution is 6.20. The van der Waals surface area contributed by atoms with Crippen LogP contribution in [0.1, 0.15) is 28.0 Å². The molecule has 102 valence electrons. The van der Waals surface area contributed by atoms with E-state index in [0.29, 0.717) is 12.2 Å². The van der Waals surface area contributed by atoms with Gasteiger partial charge in [0.2, 0.25) is 0 Å². The Kier molecular flexibility index (Phi) is 3.90. The first-order valence-corrected chi connectivity index (χ1v) is 6.16. The quantitative estimate of drug-likeness (QED) is 0.714. The molecule has 0 N–H and O–H groups in total. The van der Waals surface area contributed by atoms with E-state index in [1.807, 2.05) is 6.92 Å². The summed E-state index contributed by atoms with van der Waals surface area (Å²) < 4.78 is 42.6. The highest BCUT2D eigenvalue weighted by atomic mass is 35.5. The van der Waals surface area contributed by atoms with E-state index in [4.69, 9.17) is 16.0 Å². The highest BCUT2D eigenvalue weighted by Gasteiger charge is 2.30. The second-order valence-electron chi connectivity index (χ2n) is 4.31. The molecule has 0 amide bonds. The van der Waals surface area contributed by atoms with Gasteiger partial charge >= 0.3 is 6.18 Å². The van der Waals surface area contributed by atoms with E-state index in [9.17, 15) is 13.2 Å². The van der Waals surface area contributed by atoms with Crippen molar-refractivity contribution in [2.24, 2.45) is 0 Å². The minimum Gasteiger partial charge on any atom is -0.465 e. The predicted molar refractivity (Wildman–Crippen MR) is 67.2 cm³/mol. The lowest BCUT2D eigenvalue weighted by Crippen LogP contribution is -2.04. The van der Waals surface area contributed by atoms with Crippen molar-refractivity contribution in [3.8, 4) is 0 Å². The Balaban J connectivity index is 2.07. The maximum absolute atomic E-state index is 12.4. The van der Waals surface area contributed by atoms with Crippen LogP contribution in [0.4, 0.5) is 13.2 Å². The van der Waals surface area contributed by atoms with Gasteiger partial charge in [-0.3, -0.25) is 0 Å². The molecule has 0 spiro atoms. The highest BCUT2D eigenvalue weighted by Crippen LogP contribution is 2.31. The van der Waals surface area contributed by atoms with E-state index in [2.05, 4.69) is 0 Å². The molecular formula is C14H12ClF3O. The molecule has 1 aromatic carbocycles. The predicted octanol–water partition coefficient (Wildman–Crippen LogP) is 5.13. The third-order valence-corrected chi connectivity index (χ3v) is 3.14. The van der Waals surface area contributed by atoms with Gasteiger partial charge in [0.25, 0.3) is 0 Å². The van der Waals surface area contributed by atoms with Gasteiger partial charge in [0.1, 0.15) is 11.5 Å². The minimum atomic E-state index is -4.31. The summed E-state index contributed by atoms with van der Waals surface area (Å²) in [5, 5.41) is -0.384. The molecule has 0 saturated heterocycles. The Morgan fingerprint density at radius 2 is 1.74 bits per heavy atom. The molecule has 0 bridgehead atoms. The minimum absolute atomic E-state index is 0.384. The first-order chi connectivity index (χ1) is 8.86. The van der Waals surface area contributed by atoms with Crippen LogP contribution < -0.4 is 0 Å². The third-order valence-electron chi connectivity index (χ3n) is 2.77. The zero-order valence-corrected chi connectivity index (χ0v) is 10.9. The Morgan fingerprint density at radius 3 is 2.21 bits per heavy atom. The molecule has 0 aliphatic rings. The number of hydrogen-bond acceptors (Lipinski definition) is 1. The fraction of sp³-hybridized carbons (Fsp3) is 0.286. The second-order valence-corrected chi connectivity index (χ2v) is 4.84. The van der Waals surface area contributed by atoms with Crippen molar-refractivity contribution >= 4 is 11.6 Å². The fourth-order valence-electron chi connectivity index (χ4n) is 1.76. The topological polar surface area (TPSA) is 13.1 Å². The summed E-state index contributed by atoms with van der Waals surface area (Å²) >= 11 is 6.17. The van der Waals surface area contributed by atoms with Crippen molar-refractivity contribution in [2.75, 3.05) is 0 Å². The van der Waals surface area contributed by atoms with Gasteiger partial charge in [0, 0.05) is 0 Å². The average molecular weight is 289 g/mol. The van der Waals surface area contributed by atoms with E-state index in [1.54, 1.807) is 12.1 Å². The van der Waals surface area contributed by atoms with Gasteiger partial charge < -0.3 is 4.42 Å². The van der Waals surface area contributed by atoms with Crippen LogP contribution in [0.15, 0.2) is 40.8 Å². The number of alkyl halides is 4. The standard InChI is InChI=1S/C14H12ClF3O/c1-9-2-7-13(19-9)12(15)8-10-3-5-11(6-4-10)14(16,17)18/h2-7,12H,8H2,1H3.